The number of carbonyl (C=O) groups is 1. The number of nitrogens with one attached hydrogen (secondary N) is 1. The lowest BCUT2D eigenvalue weighted by molar-refractivity contribution is -0.115. The molecular weight excluding hydrogens is 401 g/mol. The number of nitrogens with zero attached hydrogens (tertiary/aromatic N) is 4. The molecule has 0 fully saturated rings. The van der Waals surface area contributed by atoms with Crippen molar-refractivity contribution in [2.45, 2.75) is 17.3 Å². The van der Waals surface area contributed by atoms with Crippen LogP contribution in [0.5, 0.6) is 0 Å². The number of rotatable bonds is 6. The molecule has 0 aliphatic carbocycles. The topological polar surface area (TPSA) is 72.7 Å². The average molecular weight is 419 g/mol. The summed E-state index contributed by atoms with van der Waals surface area (Å²) >= 11 is 1.25. The SMILES string of the molecule is Cc1cccc(-n2nnnc2S[C@@H](C(=O)Nc2ccc(F)cc2)c2ccccc2)c1. The summed E-state index contributed by atoms with van der Waals surface area (Å²) in [6, 6.07) is 22.8. The van der Waals surface area contributed by atoms with Gasteiger partial charge in [0, 0.05) is 5.69 Å². The van der Waals surface area contributed by atoms with Crippen molar-refractivity contribution in [2.24, 2.45) is 0 Å². The van der Waals surface area contributed by atoms with Crippen LogP contribution in [0.15, 0.2) is 84.0 Å². The first kappa shape index (κ1) is 19.8. The van der Waals surface area contributed by atoms with Crippen LogP contribution in [0.4, 0.5) is 10.1 Å². The van der Waals surface area contributed by atoms with Crippen LogP contribution in [-0.4, -0.2) is 26.1 Å². The standard InChI is InChI=1S/C22H18FN5OS/c1-15-6-5-9-19(14-15)28-22(25-26-27-28)30-20(16-7-3-2-4-8-16)21(29)24-18-12-10-17(23)11-13-18/h2-14,20H,1H3,(H,24,29)/t20-/m1/s1. The summed E-state index contributed by atoms with van der Waals surface area (Å²) < 4.78 is 14.8. The van der Waals surface area contributed by atoms with Gasteiger partial charge in [-0.1, -0.05) is 54.2 Å². The number of hydrogen-bond acceptors (Lipinski definition) is 5. The molecule has 4 rings (SSSR count). The molecule has 0 spiro atoms. The van der Waals surface area contributed by atoms with E-state index < -0.39 is 5.25 Å². The maximum absolute atomic E-state index is 13.2. The molecule has 30 heavy (non-hydrogen) atoms. The van der Waals surface area contributed by atoms with Gasteiger partial charge in [-0.2, -0.15) is 4.68 Å². The van der Waals surface area contributed by atoms with Crippen LogP contribution >= 0.6 is 11.8 Å². The fourth-order valence-electron chi connectivity index (χ4n) is 2.92. The second kappa shape index (κ2) is 8.87. The Labute approximate surface area is 177 Å². The lowest BCUT2D eigenvalue weighted by Crippen LogP contribution is -2.19. The van der Waals surface area contributed by atoms with E-state index in [1.165, 1.54) is 36.0 Å². The van der Waals surface area contributed by atoms with Crippen molar-refractivity contribution in [3.63, 3.8) is 0 Å². The zero-order valence-electron chi connectivity index (χ0n) is 16.1. The van der Waals surface area contributed by atoms with Crippen LogP contribution < -0.4 is 5.32 Å². The molecule has 0 radical (unpaired) electrons. The minimum absolute atomic E-state index is 0.253. The minimum Gasteiger partial charge on any atom is -0.325 e. The second-order valence-electron chi connectivity index (χ2n) is 6.62. The molecule has 4 aromatic rings. The zero-order chi connectivity index (χ0) is 20.9. The molecule has 1 heterocycles. The van der Waals surface area contributed by atoms with E-state index >= 15 is 0 Å². The number of tetrazole rings is 1. The van der Waals surface area contributed by atoms with Gasteiger partial charge in [0.15, 0.2) is 0 Å². The predicted octanol–water partition coefficient (Wildman–Crippen LogP) is 4.58. The molecule has 6 nitrogen and oxygen atoms in total. The monoisotopic (exact) mass is 419 g/mol. The largest absolute Gasteiger partial charge is 0.325 e. The fraction of sp³-hybridized carbons (Fsp3) is 0.0909. The Bertz CT molecular complexity index is 1150. The van der Waals surface area contributed by atoms with Crippen LogP contribution in [0.3, 0.4) is 0 Å². The highest BCUT2D eigenvalue weighted by Gasteiger charge is 2.25. The van der Waals surface area contributed by atoms with Crippen molar-refractivity contribution >= 4 is 23.4 Å². The van der Waals surface area contributed by atoms with Crippen molar-refractivity contribution < 1.29 is 9.18 Å². The van der Waals surface area contributed by atoms with E-state index in [9.17, 15) is 9.18 Å². The van der Waals surface area contributed by atoms with E-state index in [4.69, 9.17) is 0 Å². The number of thioether (sulfide) groups is 1. The van der Waals surface area contributed by atoms with Gasteiger partial charge in [0.25, 0.3) is 0 Å². The third-order valence-corrected chi connectivity index (χ3v) is 5.55. The highest BCUT2D eigenvalue weighted by Crippen LogP contribution is 2.35. The molecule has 0 aliphatic heterocycles. The number of aromatic nitrogens is 4. The number of hydrogen-bond donors (Lipinski definition) is 1. The summed E-state index contributed by atoms with van der Waals surface area (Å²) in [6.45, 7) is 1.99. The molecule has 0 unspecified atom stereocenters. The van der Waals surface area contributed by atoms with Crippen LogP contribution in [-0.2, 0) is 4.79 Å². The van der Waals surface area contributed by atoms with Gasteiger partial charge in [0.1, 0.15) is 11.1 Å². The Morgan fingerprint density at radius 1 is 1.03 bits per heavy atom. The number of anilines is 1. The van der Waals surface area contributed by atoms with E-state index in [1.807, 2.05) is 61.5 Å². The molecular formula is C22H18FN5OS. The number of benzene rings is 3. The minimum atomic E-state index is -0.606. The van der Waals surface area contributed by atoms with Crippen molar-refractivity contribution in [3.8, 4) is 5.69 Å². The molecule has 1 amide bonds. The number of halogens is 1. The summed E-state index contributed by atoms with van der Waals surface area (Å²) in [4.78, 5) is 13.1. The molecule has 150 valence electrons. The van der Waals surface area contributed by atoms with E-state index in [0.717, 1.165) is 16.8 Å². The Morgan fingerprint density at radius 3 is 2.53 bits per heavy atom. The number of aryl methyl sites for hydroxylation is 1. The van der Waals surface area contributed by atoms with Crippen LogP contribution in [0, 0.1) is 12.7 Å². The van der Waals surface area contributed by atoms with Crippen molar-refractivity contribution in [3.05, 3.63) is 95.8 Å². The highest BCUT2D eigenvalue weighted by molar-refractivity contribution is 8.00. The lowest BCUT2D eigenvalue weighted by Gasteiger charge is -2.16. The molecule has 0 aliphatic rings. The maximum atomic E-state index is 13.2. The quantitative estimate of drug-likeness (QED) is 0.463. The van der Waals surface area contributed by atoms with E-state index in [1.54, 1.807) is 4.68 Å². The number of amides is 1. The van der Waals surface area contributed by atoms with Crippen LogP contribution in [0.1, 0.15) is 16.4 Å². The van der Waals surface area contributed by atoms with Gasteiger partial charge in [0.05, 0.1) is 5.69 Å². The molecule has 1 N–H and O–H groups in total. The predicted molar refractivity (Wildman–Crippen MR) is 114 cm³/mol. The van der Waals surface area contributed by atoms with Crippen LogP contribution in [0.2, 0.25) is 0 Å². The Morgan fingerprint density at radius 2 is 1.80 bits per heavy atom. The zero-order valence-corrected chi connectivity index (χ0v) is 16.9. The summed E-state index contributed by atoms with van der Waals surface area (Å²) in [5.74, 6) is -0.615. The van der Waals surface area contributed by atoms with E-state index in [-0.39, 0.29) is 11.7 Å². The number of carbonyl (C=O) groups excluding carboxylic acids is 1. The average Bonchev–Trinajstić information content (AvgIpc) is 3.22. The van der Waals surface area contributed by atoms with E-state index in [2.05, 4.69) is 20.8 Å². The van der Waals surface area contributed by atoms with Gasteiger partial charge < -0.3 is 5.32 Å². The summed E-state index contributed by atoms with van der Waals surface area (Å²) in [7, 11) is 0. The van der Waals surface area contributed by atoms with Crippen LogP contribution in [0.25, 0.3) is 5.69 Å². The third kappa shape index (κ3) is 4.55. The normalized spacial score (nSPS) is 11.8. The van der Waals surface area contributed by atoms with Gasteiger partial charge in [-0.15, -0.1) is 5.10 Å². The van der Waals surface area contributed by atoms with E-state index in [0.29, 0.717) is 10.8 Å². The van der Waals surface area contributed by atoms with Crippen molar-refractivity contribution in [2.75, 3.05) is 5.32 Å². The second-order valence-corrected chi connectivity index (χ2v) is 7.69. The first-order chi connectivity index (χ1) is 14.6. The highest BCUT2D eigenvalue weighted by atomic mass is 32.2. The fourth-order valence-corrected chi connectivity index (χ4v) is 3.92. The first-order valence-corrected chi connectivity index (χ1v) is 10.1. The summed E-state index contributed by atoms with van der Waals surface area (Å²) in [5, 5.41) is 14.7. The van der Waals surface area contributed by atoms with Gasteiger partial charge in [0.2, 0.25) is 11.1 Å². The summed E-state index contributed by atoms with van der Waals surface area (Å²) in [6.07, 6.45) is 0. The molecule has 0 saturated heterocycles. The Balaban J connectivity index is 1.64. The Kier molecular flexibility index (Phi) is 5.85. The molecule has 1 atom stereocenters. The third-order valence-electron chi connectivity index (χ3n) is 4.36. The van der Waals surface area contributed by atoms with Gasteiger partial charge in [-0.25, -0.2) is 4.39 Å². The smallest absolute Gasteiger partial charge is 0.242 e. The Hall–Kier alpha value is -3.52. The van der Waals surface area contributed by atoms with Gasteiger partial charge in [-0.05, 0) is 64.9 Å². The molecule has 8 heteroatoms. The molecule has 3 aromatic carbocycles. The molecule has 0 saturated carbocycles. The maximum Gasteiger partial charge on any atom is 0.242 e. The van der Waals surface area contributed by atoms with Gasteiger partial charge in [-0.3, -0.25) is 4.79 Å². The molecule has 1 aromatic heterocycles. The van der Waals surface area contributed by atoms with Gasteiger partial charge >= 0.3 is 0 Å². The summed E-state index contributed by atoms with van der Waals surface area (Å²) in [5.41, 5.74) is 3.21. The lowest BCUT2D eigenvalue weighted by atomic mass is 10.1. The van der Waals surface area contributed by atoms with Crippen molar-refractivity contribution in [1.29, 1.82) is 0 Å². The molecule has 0 bridgehead atoms. The van der Waals surface area contributed by atoms with Crippen molar-refractivity contribution in [1.82, 2.24) is 20.2 Å². The first-order valence-electron chi connectivity index (χ1n) is 9.23.